The second kappa shape index (κ2) is 5.53. The average Bonchev–Trinajstić information content (AvgIpc) is 2.51. The molecule has 3 saturated carbocycles. The maximum Gasteiger partial charge on any atom is 0.341 e. The van der Waals surface area contributed by atoms with Crippen LogP contribution in [0.2, 0.25) is 0 Å². The Morgan fingerprint density at radius 2 is 2.08 bits per heavy atom. The third kappa shape index (κ3) is 2.29. The van der Waals surface area contributed by atoms with Crippen LogP contribution in [0.1, 0.15) is 54.4 Å². The van der Waals surface area contributed by atoms with E-state index in [9.17, 15) is 14.7 Å². The van der Waals surface area contributed by atoms with Crippen molar-refractivity contribution in [2.45, 2.75) is 71.6 Å². The zero-order valence-corrected chi connectivity index (χ0v) is 16.0. The second-order valence-corrected chi connectivity index (χ2v) is 8.72. The highest BCUT2D eigenvalue weighted by molar-refractivity contribution is 6.03. The van der Waals surface area contributed by atoms with Gasteiger partial charge in [0.1, 0.15) is 0 Å². The fourth-order valence-electron chi connectivity index (χ4n) is 4.91. The fraction of sp³-hybridized carbons (Fsp3) is 0.842. The molecule has 4 rings (SSSR count). The molecule has 3 aliphatic carbocycles. The summed E-state index contributed by atoms with van der Waals surface area (Å²) in [5.74, 6) is -1.28. The summed E-state index contributed by atoms with van der Waals surface area (Å²) in [5.41, 5.74) is -1.85. The van der Waals surface area contributed by atoms with E-state index in [1.54, 1.807) is 20.8 Å². The van der Waals surface area contributed by atoms with E-state index < -0.39 is 35.1 Å². The van der Waals surface area contributed by atoms with Gasteiger partial charge in [0.25, 0.3) is 0 Å². The number of carbonyl (C=O) groups excluding carboxylic acids is 2. The van der Waals surface area contributed by atoms with E-state index in [1.807, 2.05) is 6.92 Å². The predicted octanol–water partition coefficient (Wildman–Crippen LogP) is 2.13. The number of hydrogen-bond acceptors (Lipinski definition) is 6. The van der Waals surface area contributed by atoms with Gasteiger partial charge in [0, 0.05) is 5.92 Å². The number of aliphatic hydroxyl groups is 1. The number of esters is 2. The normalized spacial score (nSPS) is 38.0. The lowest BCUT2D eigenvalue weighted by molar-refractivity contribution is -0.201. The summed E-state index contributed by atoms with van der Waals surface area (Å²) in [6.45, 7) is 11.5. The van der Waals surface area contributed by atoms with Gasteiger partial charge in [-0.2, -0.15) is 0 Å². The Morgan fingerprint density at radius 1 is 1.44 bits per heavy atom. The third-order valence-electron chi connectivity index (χ3n) is 6.87. The lowest BCUT2D eigenvalue weighted by Crippen LogP contribution is -2.70. The Labute approximate surface area is 149 Å². The Balaban J connectivity index is 2.00. The van der Waals surface area contributed by atoms with E-state index in [0.29, 0.717) is 5.92 Å². The van der Waals surface area contributed by atoms with Crippen LogP contribution >= 0.6 is 0 Å². The Kier molecular flexibility index (Phi) is 4.06. The first-order chi connectivity index (χ1) is 11.5. The second-order valence-electron chi connectivity index (χ2n) is 8.72. The molecular formula is C19H29NO5. The Hall–Kier alpha value is -1.43. The Bertz CT molecular complexity index is 640. The summed E-state index contributed by atoms with van der Waals surface area (Å²) in [6.07, 6.45) is 1.76. The fourth-order valence-corrected chi connectivity index (χ4v) is 4.91. The molecule has 1 N–H and O–H groups in total. The highest BCUT2D eigenvalue weighted by Crippen LogP contribution is 2.63. The molecule has 2 bridgehead atoms. The molecule has 0 spiro atoms. The van der Waals surface area contributed by atoms with Crippen LogP contribution in [0.4, 0.5) is 0 Å². The van der Waals surface area contributed by atoms with Crippen LogP contribution in [0, 0.1) is 23.2 Å². The number of hydrogen-bond donors (Lipinski definition) is 1. The SMILES string of the molecule is CCOC(=O)C(O)(C(C)C)[C@@H]1N=C2C[C@@H]3C[C@H](C2(C)OC1=O)C3(C)C. The van der Waals surface area contributed by atoms with Crippen LogP contribution in [-0.2, 0) is 19.1 Å². The standard InChI is InChI=1S/C19H29NO5/c1-7-24-16(22)19(23,10(2)3)14-15(21)25-18(6)12-8-11(17(12,4)5)9-13(18)20-14/h10-12,14,23H,7-9H2,1-6H3/t11-,12-,14+,18?,19?/m0/s1. The first-order valence-electron chi connectivity index (χ1n) is 9.19. The van der Waals surface area contributed by atoms with Crippen molar-refractivity contribution < 1.29 is 24.2 Å². The maximum atomic E-state index is 12.8. The van der Waals surface area contributed by atoms with Gasteiger partial charge in [0.15, 0.2) is 17.2 Å². The van der Waals surface area contributed by atoms with Crippen molar-refractivity contribution in [2.75, 3.05) is 6.61 Å². The molecule has 3 fully saturated rings. The van der Waals surface area contributed by atoms with Gasteiger partial charge in [-0.3, -0.25) is 4.99 Å². The number of ether oxygens (including phenoxy) is 2. The zero-order valence-electron chi connectivity index (χ0n) is 16.0. The molecule has 140 valence electrons. The first kappa shape index (κ1) is 18.4. The van der Waals surface area contributed by atoms with Gasteiger partial charge < -0.3 is 14.6 Å². The summed E-state index contributed by atoms with van der Waals surface area (Å²) >= 11 is 0. The van der Waals surface area contributed by atoms with Crippen LogP contribution in [0.3, 0.4) is 0 Å². The van der Waals surface area contributed by atoms with E-state index in [1.165, 1.54) is 0 Å². The van der Waals surface area contributed by atoms with Crippen molar-refractivity contribution in [3.05, 3.63) is 0 Å². The van der Waals surface area contributed by atoms with Crippen molar-refractivity contribution in [3.63, 3.8) is 0 Å². The smallest absolute Gasteiger partial charge is 0.341 e. The number of aliphatic imine (C=N–C) groups is 1. The van der Waals surface area contributed by atoms with Crippen molar-refractivity contribution in [1.82, 2.24) is 0 Å². The van der Waals surface area contributed by atoms with Crippen LogP contribution in [0.25, 0.3) is 0 Å². The summed E-state index contributed by atoms with van der Waals surface area (Å²) in [6, 6.07) is -1.27. The monoisotopic (exact) mass is 351 g/mol. The van der Waals surface area contributed by atoms with Crippen molar-refractivity contribution in [2.24, 2.45) is 28.2 Å². The van der Waals surface area contributed by atoms with Gasteiger partial charge in [-0.05, 0) is 43.9 Å². The molecule has 6 heteroatoms. The predicted molar refractivity (Wildman–Crippen MR) is 92.1 cm³/mol. The van der Waals surface area contributed by atoms with Gasteiger partial charge in [0.2, 0.25) is 0 Å². The minimum Gasteiger partial charge on any atom is -0.464 e. The minimum atomic E-state index is -2.02. The summed E-state index contributed by atoms with van der Waals surface area (Å²) in [4.78, 5) is 29.8. The molecule has 2 unspecified atom stereocenters. The van der Waals surface area contributed by atoms with Crippen molar-refractivity contribution >= 4 is 17.7 Å². The third-order valence-corrected chi connectivity index (χ3v) is 6.87. The molecule has 0 aromatic rings. The highest BCUT2D eigenvalue weighted by Gasteiger charge is 2.67. The van der Waals surface area contributed by atoms with Crippen molar-refractivity contribution in [3.8, 4) is 0 Å². The lowest BCUT2D eigenvalue weighted by Gasteiger charge is -2.64. The molecule has 4 aliphatic rings. The van der Waals surface area contributed by atoms with Crippen LogP contribution in [0.15, 0.2) is 4.99 Å². The largest absolute Gasteiger partial charge is 0.464 e. The topological polar surface area (TPSA) is 85.2 Å². The molecule has 25 heavy (non-hydrogen) atoms. The summed E-state index contributed by atoms with van der Waals surface area (Å²) in [7, 11) is 0. The van der Waals surface area contributed by atoms with Crippen LogP contribution in [0.5, 0.6) is 0 Å². The summed E-state index contributed by atoms with van der Waals surface area (Å²) in [5, 5.41) is 11.1. The van der Waals surface area contributed by atoms with E-state index in [0.717, 1.165) is 18.6 Å². The molecule has 0 aromatic carbocycles. The van der Waals surface area contributed by atoms with E-state index in [2.05, 4.69) is 18.8 Å². The molecule has 5 atom stereocenters. The van der Waals surface area contributed by atoms with E-state index in [-0.39, 0.29) is 17.9 Å². The van der Waals surface area contributed by atoms with Gasteiger partial charge in [0.05, 0.1) is 12.3 Å². The quantitative estimate of drug-likeness (QED) is 0.784. The zero-order chi connectivity index (χ0) is 18.8. The number of rotatable bonds is 4. The van der Waals surface area contributed by atoms with Crippen molar-refractivity contribution in [1.29, 1.82) is 0 Å². The van der Waals surface area contributed by atoms with Gasteiger partial charge in [-0.15, -0.1) is 0 Å². The summed E-state index contributed by atoms with van der Waals surface area (Å²) < 4.78 is 10.9. The first-order valence-corrected chi connectivity index (χ1v) is 9.19. The molecule has 0 amide bonds. The molecule has 1 aliphatic heterocycles. The maximum absolute atomic E-state index is 12.8. The van der Waals surface area contributed by atoms with Gasteiger partial charge >= 0.3 is 11.9 Å². The molecule has 0 aromatic heterocycles. The average molecular weight is 351 g/mol. The molecule has 0 radical (unpaired) electrons. The Morgan fingerprint density at radius 3 is 2.60 bits per heavy atom. The number of carbonyl (C=O) groups is 2. The van der Waals surface area contributed by atoms with Crippen LogP contribution in [-0.4, -0.2) is 46.6 Å². The lowest BCUT2D eigenvalue weighted by atomic mass is 9.43. The molecule has 0 saturated heterocycles. The van der Waals surface area contributed by atoms with E-state index >= 15 is 0 Å². The number of nitrogens with zero attached hydrogens (tertiary/aromatic N) is 1. The van der Waals surface area contributed by atoms with Gasteiger partial charge in [-0.1, -0.05) is 27.7 Å². The highest BCUT2D eigenvalue weighted by atomic mass is 16.6. The van der Waals surface area contributed by atoms with Crippen LogP contribution < -0.4 is 0 Å². The van der Waals surface area contributed by atoms with E-state index in [4.69, 9.17) is 9.47 Å². The molecular weight excluding hydrogens is 322 g/mol. The van der Waals surface area contributed by atoms with Gasteiger partial charge in [-0.25, -0.2) is 9.59 Å². The molecule has 1 heterocycles. The molecule has 6 nitrogen and oxygen atoms in total. The minimum absolute atomic E-state index is 0.108.